The Labute approximate surface area is 136 Å². The largest absolute Gasteiger partial charge is 0.373 e. The first-order valence-corrected chi connectivity index (χ1v) is 8.34. The van der Waals surface area contributed by atoms with Crippen molar-refractivity contribution in [1.82, 2.24) is 9.97 Å². The van der Waals surface area contributed by atoms with Gasteiger partial charge in [-0.15, -0.1) is 0 Å². The first-order valence-electron chi connectivity index (χ1n) is 6.80. The molecule has 2 aromatic rings. The van der Waals surface area contributed by atoms with E-state index in [2.05, 4.69) is 15.3 Å². The zero-order valence-corrected chi connectivity index (χ0v) is 14.3. The number of nitrogens with two attached hydrogens (primary N) is 1. The van der Waals surface area contributed by atoms with Gasteiger partial charge in [-0.05, 0) is 18.2 Å². The molecule has 0 spiro atoms. The van der Waals surface area contributed by atoms with Crippen molar-refractivity contribution in [3.8, 4) is 0 Å². The SMILES string of the molecule is CN(C)c1cnc(Nc2cccc(S(N)(=O)=O)c2)nc1N(C)C. The standard InChI is InChI=1S/C14H20N6O2S/c1-19(2)12-9-16-14(18-13(12)20(3)4)17-10-6-5-7-11(8-10)23(15,21)22/h5-9H,1-4H3,(H2,15,21,22)(H,16,17,18). The van der Waals surface area contributed by atoms with E-state index in [0.29, 0.717) is 11.6 Å². The molecule has 1 aromatic heterocycles. The lowest BCUT2D eigenvalue weighted by atomic mass is 10.3. The maximum atomic E-state index is 11.4. The number of hydrogen-bond donors (Lipinski definition) is 2. The molecule has 0 aliphatic heterocycles. The van der Waals surface area contributed by atoms with Crippen LogP contribution in [0.2, 0.25) is 0 Å². The first kappa shape index (κ1) is 17.0. The summed E-state index contributed by atoms with van der Waals surface area (Å²) in [7, 11) is 3.85. The summed E-state index contributed by atoms with van der Waals surface area (Å²) in [4.78, 5) is 12.5. The summed E-state index contributed by atoms with van der Waals surface area (Å²) in [6.45, 7) is 0. The van der Waals surface area contributed by atoms with E-state index in [1.807, 2.05) is 38.0 Å². The Hall–Kier alpha value is -2.39. The number of primary sulfonamides is 1. The van der Waals surface area contributed by atoms with Crippen LogP contribution in [0.25, 0.3) is 0 Å². The Morgan fingerprint density at radius 2 is 1.83 bits per heavy atom. The molecule has 0 unspecified atom stereocenters. The Kier molecular flexibility index (Phi) is 4.71. The Morgan fingerprint density at radius 1 is 1.13 bits per heavy atom. The monoisotopic (exact) mass is 336 g/mol. The highest BCUT2D eigenvalue weighted by Gasteiger charge is 2.12. The molecule has 0 bridgehead atoms. The highest BCUT2D eigenvalue weighted by Crippen LogP contribution is 2.26. The molecule has 0 atom stereocenters. The van der Waals surface area contributed by atoms with Gasteiger partial charge in [0.1, 0.15) is 0 Å². The topological polar surface area (TPSA) is 104 Å². The van der Waals surface area contributed by atoms with Crippen LogP contribution in [0.15, 0.2) is 35.4 Å². The summed E-state index contributed by atoms with van der Waals surface area (Å²) in [5.41, 5.74) is 1.41. The number of nitrogens with one attached hydrogen (secondary N) is 1. The minimum atomic E-state index is -3.75. The summed E-state index contributed by atoms with van der Waals surface area (Å²) in [6.07, 6.45) is 1.70. The third-order valence-electron chi connectivity index (χ3n) is 3.07. The zero-order chi connectivity index (χ0) is 17.2. The molecule has 0 saturated heterocycles. The Balaban J connectivity index is 2.36. The Bertz CT molecular complexity index is 805. The average molecular weight is 336 g/mol. The summed E-state index contributed by atoms with van der Waals surface area (Å²) < 4.78 is 22.8. The molecule has 1 aromatic carbocycles. The number of sulfonamides is 1. The smallest absolute Gasteiger partial charge is 0.238 e. The van der Waals surface area contributed by atoms with Crippen molar-refractivity contribution in [3.05, 3.63) is 30.5 Å². The van der Waals surface area contributed by atoms with Gasteiger partial charge in [-0.2, -0.15) is 4.98 Å². The van der Waals surface area contributed by atoms with E-state index in [-0.39, 0.29) is 4.90 Å². The number of nitrogens with zero attached hydrogens (tertiary/aromatic N) is 4. The molecule has 0 amide bonds. The van der Waals surface area contributed by atoms with E-state index in [0.717, 1.165) is 11.5 Å². The molecule has 23 heavy (non-hydrogen) atoms. The molecule has 1 heterocycles. The third-order valence-corrected chi connectivity index (χ3v) is 3.99. The molecule has 9 heteroatoms. The van der Waals surface area contributed by atoms with E-state index >= 15 is 0 Å². The fourth-order valence-corrected chi connectivity index (χ4v) is 2.51. The van der Waals surface area contributed by atoms with Gasteiger partial charge in [-0.3, -0.25) is 0 Å². The van der Waals surface area contributed by atoms with Gasteiger partial charge in [-0.1, -0.05) is 6.07 Å². The Morgan fingerprint density at radius 3 is 2.39 bits per heavy atom. The van der Waals surface area contributed by atoms with Crippen molar-refractivity contribution in [1.29, 1.82) is 0 Å². The number of rotatable bonds is 5. The van der Waals surface area contributed by atoms with Crippen molar-refractivity contribution >= 4 is 33.2 Å². The van der Waals surface area contributed by atoms with Gasteiger partial charge in [-0.25, -0.2) is 18.5 Å². The fraction of sp³-hybridized carbons (Fsp3) is 0.286. The maximum Gasteiger partial charge on any atom is 0.238 e. The van der Waals surface area contributed by atoms with Gasteiger partial charge in [0.25, 0.3) is 0 Å². The van der Waals surface area contributed by atoms with Crippen LogP contribution in [0.3, 0.4) is 0 Å². The minimum Gasteiger partial charge on any atom is -0.373 e. The summed E-state index contributed by atoms with van der Waals surface area (Å²) in [6, 6.07) is 6.19. The second-order valence-electron chi connectivity index (χ2n) is 5.39. The van der Waals surface area contributed by atoms with E-state index in [9.17, 15) is 8.42 Å². The molecule has 124 valence electrons. The second kappa shape index (κ2) is 6.39. The van der Waals surface area contributed by atoms with Crippen molar-refractivity contribution in [2.24, 2.45) is 5.14 Å². The zero-order valence-electron chi connectivity index (χ0n) is 13.5. The van der Waals surface area contributed by atoms with Crippen LogP contribution in [0.1, 0.15) is 0 Å². The van der Waals surface area contributed by atoms with Gasteiger partial charge in [0.2, 0.25) is 16.0 Å². The highest BCUT2D eigenvalue weighted by molar-refractivity contribution is 7.89. The van der Waals surface area contributed by atoms with Gasteiger partial charge < -0.3 is 15.1 Å². The number of anilines is 4. The van der Waals surface area contributed by atoms with Gasteiger partial charge in [0.05, 0.1) is 16.8 Å². The average Bonchev–Trinajstić information content (AvgIpc) is 2.46. The van der Waals surface area contributed by atoms with Crippen LogP contribution in [-0.2, 0) is 10.0 Å². The molecular formula is C14H20N6O2S. The molecule has 0 fully saturated rings. The lowest BCUT2D eigenvalue weighted by Crippen LogP contribution is -2.19. The fourth-order valence-electron chi connectivity index (χ4n) is 1.95. The predicted molar refractivity (Wildman–Crippen MR) is 91.8 cm³/mol. The van der Waals surface area contributed by atoms with E-state index < -0.39 is 10.0 Å². The van der Waals surface area contributed by atoms with Crippen LogP contribution in [0.5, 0.6) is 0 Å². The molecule has 0 aliphatic carbocycles. The van der Waals surface area contributed by atoms with Crippen LogP contribution < -0.4 is 20.3 Å². The minimum absolute atomic E-state index is 0.0280. The molecule has 0 saturated carbocycles. The normalized spacial score (nSPS) is 11.2. The lowest BCUT2D eigenvalue weighted by molar-refractivity contribution is 0.598. The highest BCUT2D eigenvalue weighted by atomic mass is 32.2. The maximum absolute atomic E-state index is 11.4. The number of benzene rings is 1. The molecule has 8 nitrogen and oxygen atoms in total. The van der Waals surface area contributed by atoms with Crippen molar-refractivity contribution < 1.29 is 8.42 Å². The molecule has 0 aliphatic rings. The summed E-state index contributed by atoms with van der Waals surface area (Å²) >= 11 is 0. The number of hydrogen-bond acceptors (Lipinski definition) is 7. The quantitative estimate of drug-likeness (QED) is 0.839. The molecule has 0 radical (unpaired) electrons. The summed E-state index contributed by atoms with van der Waals surface area (Å²) in [5, 5.41) is 8.13. The van der Waals surface area contributed by atoms with E-state index in [1.165, 1.54) is 12.1 Å². The van der Waals surface area contributed by atoms with Crippen LogP contribution in [0, 0.1) is 0 Å². The first-order chi connectivity index (χ1) is 10.7. The van der Waals surface area contributed by atoms with Crippen molar-refractivity contribution in [2.45, 2.75) is 4.90 Å². The molecular weight excluding hydrogens is 316 g/mol. The van der Waals surface area contributed by atoms with Crippen LogP contribution >= 0.6 is 0 Å². The third kappa shape index (κ3) is 4.08. The van der Waals surface area contributed by atoms with Crippen LogP contribution in [-0.4, -0.2) is 46.6 Å². The van der Waals surface area contributed by atoms with E-state index in [4.69, 9.17) is 5.14 Å². The second-order valence-corrected chi connectivity index (χ2v) is 6.95. The van der Waals surface area contributed by atoms with Crippen LogP contribution in [0.4, 0.5) is 23.1 Å². The molecule has 3 N–H and O–H groups in total. The van der Waals surface area contributed by atoms with Gasteiger partial charge in [0, 0.05) is 33.9 Å². The molecule has 2 rings (SSSR count). The lowest BCUT2D eigenvalue weighted by Gasteiger charge is -2.21. The van der Waals surface area contributed by atoms with Crippen molar-refractivity contribution in [3.63, 3.8) is 0 Å². The number of aromatic nitrogens is 2. The predicted octanol–water partition coefficient (Wildman–Crippen LogP) is 1.000. The van der Waals surface area contributed by atoms with E-state index in [1.54, 1.807) is 18.3 Å². The summed E-state index contributed by atoms with van der Waals surface area (Å²) in [5.74, 6) is 1.11. The van der Waals surface area contributed by atoms with Gasteiger partial charge in [0.15, 0.2) is 5.82 Å². The van der Waals surface area contributed by atoms with Gasteiger partial charge >= 0.3 is 0 Å². The van der Waals surface area contributed by atoms with Crippen molar-refractivity contribution in [2.75, 3.05) is 43.3 Å².